The minimum atomic E-state index is 0.591. The predicted molar refractivity (Wildman–Crippen MR) is 85.9 cm³/mol. The summed E-state index contributed by atoms with van der Waals surface area (Å²) in [5.74, 6) is 1.77. The Labute approximate surface area is 125 Å². The topological polar surface area (TPSA) is 15.3 Å². The van der Waals surface area contributed by atoms with Crippen molar-refractivity contribution in [1.29, 1.82) is 0 Å². The summed E-state index contributed by atoms with van der Waals surface area (Å²) < 4.78 is 0. The molecular weight excluding hydrogens is 244 g/mol. The van der Waals surface area contributed by atoms with E-state index < -0.39 is 0 Å². The Bertz CT molecular complexity index is 322. The summed E-state index contributed by atoms with van der Waals surface area (Å²) in [5, 5.41) is 3.86. The first-order valence-corrected chi connectivity index (χ1v) is 8.95. The van der Waals surface area contributed by atoms with Crippen LogP contribution in [0.3, 0.4) is 0 Å². The summed E-state index contributed by atoms with van der Waals surface area (Å²) in [6.07, 6.45) is 8.62. The molecule has 3 rings (SSSR count). The number of rotatable bonds is 3. The first-order valence-electron chi connectivity index (χ1n) is 8.95. The van der Waals surface area contributed by atoms with Gasteiger partial charge < -0.3 is 5.32 Å². The largest absolute Gasteiger partial charge is 0.311 e. The minimum absolute atomic E-state index is 0.591. The van der Waals surface area contributed by atoms with Crippen LogP contribution in [0.25, 0.3) is 0 Å². The van der Waals surface area contributed by atoms with E-state index in [1.54, 1.807) is 0 Å². The SMILES string of the molecule is CC(C)C1CNC(C2CC2)CN1C1CCC(C)(C)CC1. The van der Waals surface area contributed by atoms with Gasteiger partial charge in [-0.25, -0.2) is 0 Å². The molecule has 2 heteroatoms. The zero-order valence-corrected chi connectivity index (χ0v) is 14.0. The molecule has 0 radical (unpaired) electrons. The van der Waals surface area contributed by atoms with Gasteiger partial charge in [-0.15, -0.1) is 0 Å². The minimum Gasteiger partial charge on any atom is -0.311 e. The Morgan fingerprint density at radius 3 is 2.25 bits per heavy atom. The first kappa shape index (κ1) is 14.8. The van der Waals surface area contributed by atoms with Crippen molar-refractivity contribution in [2.45, 2.75) is 84.3 Å². The standard InChI is InChI=1S/C18H34N2/c1-13(2)17-11-19-16(14-5-6-14)12-20(17)15-7-9-18(3,4)10-8-15/h13-17,19H,5-12H2,1-4H3. The van der Waals surface area contributed by atoms with Crippen molar-refractivity contribution in [3.8, 4) is 0 Å². The molecule has 0 aromatic heterocycles. The zero-order valence-electron chi connectivity index (χ0n) is 14.0. The van der Waals surface area contributed by atoms with Crippen LogP contribution in [-0.4, -0.2) is 36.1 Å². The van der Waals surface area contributed by atoms with E-state index in [-0.39, 0.29) is 0 Å². The van der Waals surface area contributed by atoms with Crippen LogP contribution in [0.2, 0.25) is 0 Å². The second kappa shape index (κ2) is 5.61. The Morgan fingerprint density at radius 1 is 1.05 bits per heavy atom. The molecule has 0 aromatic carbocycles. The molecule has 2 unspecified atom stereocenters. The van der Waals surface area contributed by atoms with Gasteiger partial charge in [-0.05, 0) is 55.8 Å². The average molecular weight is 278 g/mol. The summed E-state index contributed by atoms with van der Waals surface area (Å²) in [6.45, 7) is 12.3. The Balaban J connectivity index is 1.66. The quantitative estimate of drug-likeness (QED) is 0.847. The third-order valence-corrected chi connectivity index (χ3v) is 6.16. The highest BCUT2D eigenvalue weighted by molar-refractivity contribution is 4.98. The summed E-state index contributed by atoms with van der Waals surface area (Å²) in [5.41, 5.74) is 0.591. The van der Waals surface area contributed by atoms with Gasteiger partial charge in [0.1, 0.15) is 0 Å². The van der Waals surface area contributed by atoms with Crippen molar-refractivity contribution in [3.63, 3.8) is 0 Å². The number of hydrogen-bond donors (Lipinski definition) is 1. The maximum Gasteiger partial charge on any atom is 0.0247 e. The Hall–Kier alpha value is -0.0800. The monoisotopic (exact) mass is 278 g/mol. The van der Waals surface area contributed by atoms with Crippen LogP contribution in [0.5, 0.6) is 0 Å². The van der Waals surface area contributed by atoms with E-state index in [4.69, 9.17) is 0 Å². The van der Waals surface area contributed by atoms with Crippen LogP contribution in [-0.2, 0) is 0 Å². The maximum absolute atomic E-state index is 3.86. The van der Waals surface area contributed by atoms with E-state index in [0.717, 1.165) is 30.0 Å². The average Bonchev–Trinajstić information content (AvgIpc) is 3.22. The van der Waals surface area contributed by atoms with Crippen LogP contribution in [0.4, 0.5) is 0 Å². The molecule has 0 spiro atoms. The first-order chi connectivity index (χ1) is 9.46. The van der Waals surface area contributed by atoms with E-state index in [1.807, 2.05) is 0 Å². The van der Waals surface area contributed by atoms with E-state index in [0.29, 0.717) is 5.41 Å². The highest BCUT2D eigenvalue weighted by Crippen LogP contribution is 2.40. The third kappa shape index (κ3) is 3.22. The van der Waals surface area contributed by atoms with Gasteiger partial charge in [0.25, 0.3) is 0 Å². The number of hydrogen-bond acceptors (Lipinski definition) is 2. The number of nitrogens with zero attached hydrogens (tertiary/aromatic N) is 1. The summed E-state index contributed by atoms with van der Waals surface area (Å²) in [4.78, 5) is 2.92. The molecule has 1 aliphatic heterocycles. The summed E-state index contributed by atoms with van der Waals surface area (Å²) in [6, 6.07) is 2.41. The molecule has 3 fully saturated rings. The van der Waals surface area contributed by atoms with E-state index in [1.165, 1.54) is 51.6 Å². The molecule has 1 saturated heterocycles. The lowest BCUT2D eigenvalue weighted by atomic mass is 9.74. The zero-order chi connectivity index (χ0) is 14.3. The Morgan fingerprint density at radius 2 is 1.70 bits per heavy atom. The lowest BCUT2D eigenvalue weighted by molar-refractivity contribution is 0.0185. The van der Waals surface area contributed by atoms with E-state index in [9.17, 15) is 0 Å². The second-order valence-electron chi connectivity index (χ2n) is 8.76. The molecule has 1 N–H and O–H groups in total. The molecule has 0 aromatic rings. The van der Waals surface area contributed by atoms with Gasteiger partial charge in [0.05, 0.1) is 0 Å². The molecule has 2 saturated carbocycles. The van der Waals surface area contributed by atoms with Crippen molar-refractivity contribution in [1.82, 2.24) is 10.2 Å². The van der Waals surface area contributed by atoms with Crippen molar-refractivity contribution in [2.24, 2.45) is 17.3 Å². The van der Waals surface area contributed by atoms with Crippen molar-refractivity contribution < 1.29 is 0 Å². The van der Waals surface area contributed by atoms with Crippen LogP contribution in [0, 0.1) is 17.3 Å². The van der Waals surface area contributed by atoms with Gasteiger partial charge in [0, 0.05) is 31.2 Å². The molecular formula is C18H34N2. The number of piperazine rings is 1. The molecule has 3 aliphatic rings. The van der Waals surface area contributed by atoms with Crippen molar-refractivity contribution in [2.75, 3.05) is 13.1 Å². The molecule has 2 atom stereocenters. The van der Waals surface area contributed by atoms with Gasteiger partial charge in [-0.2, -0.15) is 0 Å². The molecule has 116 valence electrons. The smallest absolute Gasteiger partial charge is 0.0247 e. The fraction of sp³-hybridized carbons (Fsp3) is 1.00. The lowest BCUT2D eigenvalue weighted by Crippen LogP contribution is -2.62. The van der Waals surface area contributed by atoms with Crippen LogP contribution < -0.4 is 5.32 Å². The molecule has 0 bridgehead atoms. The van der Waals surface area contributed by atoms with Gasteiger partial charge in [-0.1, -0.05) is 27.7 Å². The molecule has 1 heterocycles. The van der Waals surface area contributed by atoms with E-state index >= 15 is 0 Å². The summed E-state index contributed by atoms with van der Waals surface area (Å²) >= 11 is 0. The Kier molecular flexibility index (Phi) is 4.16. The van der Waals surface area contributed by atoms with Gasteiger partial charge in [0.2, 0.25) is 0 Å². The van der Waals surface area contributed by atoms with Crippen LogP contribution in [0.15, 0.2) is 0 Å². The van der Waals surface area contributed by atoms with Gasteiger partial charge in [0.15, 0.2) is 0 Å². The molecule has 20 heavy (non-hydrogen) atoms. The van der Waals surface area contributed by atoms with Gasteiger partial charge in [-0.3, -0.25) is 4.90 Å². The lowest BCUT2D eigenvalue weighted by Gasteiger charge is -2.49. The molecule has 2 aliphatic carbocycles. The normalized spacial score (nSPS) is 36.5. The van der Waals surface area contributed by atoms with Crippen molar-refractivity contribution in [3.05, 3.63) is 0 Å². The third-order valence-electron chi connectivity index (χ3n) is 6.16. The fourth-order valence-corrected chi connectivity index (χ4v) is 4.38. The second-order valence-corrected chi connectivity index (χ2v) is 8.76. The van der Waals surface area contributed by atoms with Crippen LogP contribution in [0.1, 0.15) is 66.2 Å². The fourth-order valence-electron chi connectivity index (χ4n) is 4.38. The van der Waals surface area contributed by atoms with Gasteiger partial charge >= 0.3 is 0 Å². The van der Waals surface area contributed by atoms with E-state index in [2.05, 4.69) is 37.9 Å². The molecule has 0 amide bonds. The highest BCUT2D eigenvalue weighted by Gasteiger charge is 2.41. The maximum atomic E-state index is 3.86. The molecule has 2 nitrogen and oxygen atoms in total. The number of nitrogens with one attached hydrogen (secondary N) is 1. The highest BCUT2D eigenvalue weighted by atomic mass is 15.3. The van der Waals surface area contributed by atoms with Crippen LogP contribution >= 0.6 is 0 Å². The van der Waals surface area contributed by atoms with Crippen molar-refractivity contribution >= 4 is 0 Å². The predicted octanol–water partition coefficient (Wildman–Crippen LogP) is 3.66. The summed E-state index contributed by atoms with van der Waals surface area (Å²) in [7, 11) is 0.